The second-order valence-corrected chi connectivity index (χ2v) is 7.31. The molecule has 3 aromatic carbocycles. The quantitative estimate of drug-likeness (QED) is 0.645. The van der Waals surface area contributed by atoms with Gasteiger partial charge in [0.05, 0.1) is 13.0 Å². The molecule has 0 aromatic heterocycles. The summed E-state index contributed by atoms with van der Waals surface area (Å²) in [4.78, 5) is 27.2. The van der Waals surface area contributed by atoms with Crippen molar-refractivity contribution in [3.8, 4) is 0 Å². The van der Waals surface area contributed by atoms with Crippen molar-refractivity contribution in [3.05, 3.63) is 102 Å². The summed E-state index contributed by atoms with van der Waals surface area (Å²) in [7, 11) is 0. The Bertz CT molecular complexity index is 953. The van der Waals surface area contributed by atoms with Crippen molar-refractivity contribution in [3.63, 3.8) is 0 Å². The van der Waals surface area contributed by atoms with Crippen LogP contribution in [0.3, 0.4) is 0 Å². The number of amides is 2. The van der Waals surface area contributed by atoms with E-state index in [9.17, 15) is 9.59 Å². The van der Waals surface area contributed by atoms with Gasteiger partial charge in [-0.2, -0.15) is 0 Å². The molecule has 0 heterocycles. The van der Waals surface area contributed by atoms with Gasteiger partial charge >= 0.3 is 0 Å². The lowest BCUT2D eigenvalue weighted by molar-refractivity contribution is -0.120. The first-order valence-electron chi connectivity index (χ1n) is 9.82. The van der Waals surface area contributed by atoms with Crippen LogP contribution in [0.15, 0.2) is 84.9 Å². The molecular weight excluding hydrogens is 360 g/mol. The third kappa shape index (κ3) is 5.79. The van der Waals surface area contributed by atoms with Crippen molar-refractivity contribution >= 4 is 17.5 Å². The molecule has 0 saturated carbocycles. The highest BCUT2D eigenvalue weighted by Gasteiger charge is 2.19. The summed E-state index contributed by atoms with van der Waals surface area (Å²) < 4.78 is 0. The Labute approximate surface area is 172 Å². The summed E-state index contributed by atoms with van der Waals surface area (Å²) in [5.41, 5.74) is 3.32. The predicted octanol–water partition coefficient (Wildman–Crippen LogP) is 4.60. The normalized spacial score (nSPS) is 10.6. The first-order valence-corrected chi connectivity index (χ1v) is 9.82. The summed E-state index contributed by atoms with van der Waals surface area (Å²) in [5.74, 6) is -0.0978. The van der Waals surface area contributed by atoms with E-state index in [-0.39, 0.29) is 24.3 Å². The van der Waals surface area contributed by atoms with Gasteiger partial charge in [0.2, 0.25) is 5.91 Å². The minimum Gasteiger partial charge on any atom is -0.354 e. The molecule has 29 heavy (non-hydrogen) atoms. The van der Waals surface area contributed by atoms with Crippen LogP contribution in [0.1, 0.15) is 35.3 Å². The third-order valence-electron chi connectivity index (χ3n) is 4.49. The van der Waals surface area contributed by atoms with Crippen molar-refractivity contribution in [1.82, 2.24) is 5.32 Å². The molecule has 0 spiro atoms. The smallest absolute Gasteiger partial charge is 0.258 e. The van der Waals surface area contributed by atoms with Crippen LogP contribution in [0.5, 0.6) is 0 Å². The van der Waals surface area contributed by atoms with Crippen LogP contribution < -0.4 is 10.2 Å². The van der Waals surface area contributed by atoms with Crippen LogP contribution in [0, 0.1) is 0 Å². The molecule has 3 rings (SSSR count). The molecule has 4 nitrogen and oxygen atoms in total. The summed E-state index contributed by atoms with van der Waals surface area (Å²) in [6, 6.07) is 26.9. The molecule has 1 N–H and O–H groups in total. The average molecular weight is 386 g/mol. The van der Waals surface area contributed by atoms with E-state index in [2.05, 4.69) is 5.32 Å². The van der Waals surface area contributed by atoms with Crippen molar-refractivity contribution in [2.24, 2.45) is 0 Å². The highest BCUT2D eigenvalue weighted by molar-refractivity contribution is 6.06. The molecule has 2 amide bonds. The molecule has 0 aliphatic heterocycles. The van der Waals surface area contributed by atoms with Gasteiger partial charge in [0, 0.05) is 17.3 Å². The molecule has 0 unspecified atom stereocenters. The fourth-order valence-electron chi connectivity index (χ4n) is 3.18. The van der Waals surface area contributed by atoms with Gasteiger partial charge in [-0.1, -0.05) is 60.7 Å². The van der Waals surface area contributed by atoms with Gasteiger partial charge in [-0.15, -0.1) is 0 Å². The maximum atomic E-state index is 13.3. The monoisotopic (exact) mass is 386 g/mol. The number of benzene rings is 3. The number of carbonyl (C=O) groups excluding carboxylic acids is 2. The molecule has 3 aromatic rings. The maximum Gasteiger partial charge on any atom is 0.258 e. The Hall–Kier alpha value is -3.40. The second-order valence-electron chi connectivity index (χ2n) is 7.31. The number of nitrogens with one attached hydrogen (secondary N) is 1. The van der Waals surface area contributed by atoms with Gasteiger partial charge in [-0.3, -0.25) is 9.59 Å². The van der Waals surface area contributed by atoms with Gasteiger partial charge < -0.3 is 10.2 Å². The lowest BCUT2D eigenvalue weighted by atomic mass is 10.1. The topological polar surface area (TPSA) is 49.4 Å². The zero-order valence-corrected chi connectivity index (χ0v) is 16.8. The summed E-state index contributed by atoms with van der Waals surface area (Å²) >= 11 is 0. The first kappa shape index (κ1) is 20.3. The molecule has 0 saturated heterocycles. The zero-order chi connectivity index (χ0) is 20.6. The van der Waals surface area contributed by atoms with Crippen LogP contribution in [0.2, 0.25) is 0 Å². The summed E-state index contributed by atoms with van der Waals surface area (Å²) in [6.45, 7) is 4.33. The minimum atomic E-state index is -0.0711. The van der Waals surface area contributed by atoms with Crippen molar-refractivity contribution in [2.75, 3.05) is 4.90 Å². The van der Waals surface area contributed by atoms with Gasteiger partial charge in [0.15, 0.2) is 0 Å². The number of nitrogens with zero attached hydrogens (tertiary/aromatic N) is 1. The van der Waals surface area contributed by atoms with E-state index in [1.807, 2.05) is 98.8 Å². The van der Waals surface area contributed by atoms with Gasteiger partial charge in [-0.05, 0) is 49.2 Å². The van der Waals surface area contributed by atoms with Gasteiger partial charge in [0.25, 0.3) is 5.91 Å². The van der Waals surface area contributed by atoms with Gasteiger partial charge in [0.1, 0.15) is 0 Å². The SMILES string of the molecule is CC(C)NC(=O)Cc1cccc(N(Cc2ccccc2)C(=O)c2ccccc2)c1. The van der Waals surface area contributed by atoms with Crippen molar-refractivity contribution in [2.45, 2.75) is 32.9 Å². The molecule has 0 atom stereocenters. The third-order valence-corrected chi connectivity index (χ3v) is 4.49. The Morgan fingerprint density at radius 2 is 1.45 bits per heavy atom. The van der Waals surface area contributed by atoms with Crippen LogP contribution in [-0.2, 0) is 17.8 Å². The largest absolute Gasteiger partial charge is 0.354 e. The van der Waals surface area contributed by atoms with Crippen LogP contribution in [0.4, 0.5) is 5.69 Å². The highest BCUT2D eigenvalue weighted by atomic mass is 16.2. The van der Waals surface area contributed by atoms with Crippen molar-refractivity contribution in [1.29, 1.82) is 0 Å². The molecule has 0 bridgehead atoms. The lowest BCUT2D eigenvalue weighted by Gasteiger charge is -2.24. The molecule has 0 aliphatic carbocycles. The predicted molar refractivity (Wildman–Crippen MR) is 117 cm³/mol. The maximum absolute atomic E-state index is 13.3. The van der Waals surface area contributed by atoms with E-state index in [0.717, 1.165) is 16.8 Å². The van der Waals surface area contributed by atoms with E-state index in [1.165, 1.54) is 0 Å². The molecular formula is C25H26N2O2. The molecule has 4 heteroatoms. The van der Waals surface area contributed by atoms with E-state index in [4.69, 9.17) is 0 Å². The molecule has 148 valence electrons. The summed E-state index contributed by atoms with van der Waals surface area (Å²) in [6.07, 6.45) is 0.282. The standard InChI is InChI=1S/C25H26N2O2/c1-19(2)26-24(28)17-21-12-9-15-23(16-21)27(18-20-10-5-3-6-11-20)25(29)22-13-7-4-8-14-22/h3-16,19H,17-18H2,1-2H3,(H,26,28). The molecule has 0 radical (unpaired) electrons. The van der Waals surface area contributed by atoms with Crippen molar-refractivity contribution < 1.29 is 9.59 Å². The Morgan fingerprint density at radius 3 is 2.10 bits per heavy atom. The number of hydrogen-bond acceptors (Lipinski definition) is 2. The van der Waals surface area contributed by atoms with E-state index in [1.54, 1.807) is 4.90 Å². The second kappa shape index (κ2) is 9.69. The number of rotatable bonds is 7. The molecule has 0 fully saturated rings. The Balaban J connectivity index is 1.90. The minimum absolute atomic E-state index is 0.0267. The number of hydrogen-bond donors (Lipinski definition) is 1. The summed E-state index contributed by atoms with van der Waals surface area (Å²) in [5, 5.41) is 2.91. The fourth-order valence-corrected chi connectivity index (χ4v) is 3.18. The molecule has 0 aliphatic rings. The van der Waals surface area contributed by atoms with E-state index in [0.29, 0.717) is 12.1 Å². The number of carbonyl (C=O) groups is 2. The Morgan fingerprint density at radius 1 is 0.828 bits per heavy atom. The number of anilines is 1. The van der Waals surface area contributed by atoms with Crippen LogP contribution in [0.25, 0.3) is 0 Å². The zero-order valence-electron chi connectivity index (χ0n) is 16.8. The van der Waals surface area contributed by atoms with Crippen LogP contribution >= 0.6 is 0 Å². The Kier molecular flexibility index (Phi) is 6.80. The van der Waals surface area contributed by atoms with E-state index < -0.39 is 0 Å². The first-order chi connectivity index (χ1) is 14.0. The van der Waals surface area contributed by atoms with E-state index >= 15 is 0 Å². The highest BCUT2D eigenvalue weighted by Crippen LogP contribution is 2.22. The van der Waals surface area contributed by atoms with Crippen LogP contribution in [-0.4, -0.2) is 17.9 Å². The lowest BCUT2D eigenvalue weighted by Crippen LogP contribution is -2.32. The van der Waals surface area contributed by atoms with Gasteiger partial charge in [-0.25, -0.2) is 0 Å². The average Bonchev–Trinajstić information content (AvgIpc) is 2.72. The fraction of sp³-hybridized carbons (Fsp3) is 0.200.